The maximum atomic E-state index is 12.6. The molecule has 0 spiro atoms. The van der Waals surface area contributed by atoms with Crippen molar-refractivity contribution < 1.29 is 14.3 Å². The van der Waals surface area contributed by atoms with E-state index in [-0.39, 0.29) is 17.9 Å². The van der Waals surface area contributed by atoms with Crippen molar-refractivity contribution in [1.82, 2.24) is 14.9 Å². The molecule has 2 heterocycles. The van der Waals surface area contributed by atoms with Crippen molar-refractivity contribution in [3.63, 3.8) is 0 Å². The molecule has 1 saturated heterocycles. The molecular weight excluding hydrogens is 294 g/mol. The summed E-state index contributed by atoms with van der Waals surface area (Å²) in [7, 11) is 1.53. The van der Waals surface area contributed by atoms with Crippen LogP contribution in [0.1, 0.15) is 32.1 Å². The van der Waals surface area contributed by atoms with Gasteiger partial charge >= 0.3 is 6.01 Å². The molecule has 3 rings (SSSR count). The van der Waals surface area contributed by atoms with Crippen molar-refractivity contribution >= 4 is 5.91 Å². The zero-order chi connectivity index (χ0) is 16.1. The molecule has 6 heteroatoms. The fourth-order valence-corrected chi connectivity index (χ4v) is 3.17. The zero-order valence-corrected chi connectivity index (χ0v) is 13.5. The molecule has 2 aliphatic rings. The van der Waals surface area contributed by atoms with Gasteiger partial charge in [-0.2, -0.15) is 4.98 Å². The Labute approximate surface area is 136 Å². The molecule has 0 aromatic carbocycles. The van der Waals surface area contributed by atoms with Crippen molar-refractivity contribution in [2.24, 2.45) is 5.92 Å². The molecule has 2 unspecified atom stereocenters. The smallest absolute Gasteiger partial charge is 0.319 e. The number of likely N-dealkylation sites (tertiary alicyclic amines) is 1. The van der Waals surface area contributed by atoms with Crippen LogP contribution < -0.4 is 9.47 Å². The van der Waals surface area contributed by atoms with Gasteiger partial charge in [-0.1, -0.05) is 12.2 Å². The minimum absolute atomic E-state index is 0.0218. The van der Waals surface area contributed by atoms with Gasteiger partial charge in [0.1, 0.15) is 6.10 Å². The molecule has 1 aromatic heterocycles. The first-order valence-corrected chi connectivity index (χ1v) is 8.23. The molecule has 1 aliphatic heterocycles. The Bertz CT molecular complexity index is 576. The van der Waals surface area contributed by atoms with E-state index >= 15 is 0 Å². The number of carbonyl (C=O) groups excluding carboxylic acids is 1. The van der Waals surface area contributed by atoms with Gasteiger partial charge in [-0.25, -0.2) is 4.98 Å². The van der Waals surface area contributed by atoms with E-state index in [0.29, 0.717) is 18.4 Å². The van der Waals surface area contributed by atoms with E-state index in [4.69, 9.17) is 9.47 Å². The minimum Gasteiger partial charge on any atom is -0.472 e. The molecule has 0 saturated carbocycles. The van der Waals surface area contributed by atoms with Crippen LogP contribution in [0.4, 0.5) is 0 Å². The van der Waals surface area contributed by atoms with Crippen LogP contribution in [0.2, 0.25) is 0 Å². The lowest BCUT2D eigenvalue weighted by Gasteiger charge is -2.35. The molecule has 1 fully saturated rings. The van der Waals surface area contributed by atoms with Crippen molar-refractivity contribution in [3.05, 3.63) is 24.4 Å². The van der Waals surface area contributed by atoms with Gasteiger partial charge in [0.05, 0.1) is 13.7 Å². The van der Waals surface area contributed by atoms with Gasteiger partial charge in [0, 0.05) is 24.7 Å². The highest BCUT2D eigenvalue weighted by molar-refractivity contribution is 5.79. The van der Waals surface area contributed by atoms with Crippen LogP contribution in [0.25, 0.3) is 0 Å². The molecule has 1 aliphatic carbocycles. The molecular formula is C17H23N3O3. The summed E-state index contributed by atoms with van der Waals surface area (Å²) in [6.45, 7) is 1.46. The summed E-state index contributed by atoms with van der Waals surface area (Å²) in [5, 5.41) is 0. The molecule has 6 nitrogen and oxygen atoms in total. The summed E-state index contributed by atoms with van der Waals surface area (Å²) in [4.78, 5) is 22.7. The van der Waals surface area contributed by atoms with Crippen LogP contribution >= 0.6 is 0 Å². The fraction of sp³-hybridized carbons (Fsp3) is 0.588. The van der Waals surface area contributed by atoms with E-state index in [0.717, 1.165) is 38.6 Å². The van der Waals surface area contributed by atoms with Gasteiger partial charge in [-0.3, -0.25) is 4.79 Å². The van der Waals surface area contributed by atoms with E-state index < -0.39 is 0 Å². The Balaban J connectivity index is 1.59. The van der Waals surface area contributed by atoms with E-state index in [1.165, 1.54) is 7.11 Å². The highest BCUT2D eigenvalue weighted by Gasteiger charge is 2.29. The quantitative estimate of drug-likeness (QED) is 0.797. The van der Waals surface area contributed by atoms with E-state index in [2.05, 4.69) is 22.1 Å². The summed E-state index contributed by atoms with van der Waals surface area (Å²) in [5.74, 6) is 0.901. The standard InChI is InChI=1S/C17H23N3O3/c1-22-17-18-10-9-15(19-17)23-14-8-5-11-20(12-14)16(21)13-6-3-2-4-7-13/h2-3,9-10,13-14H,4-8,11-12H2,1H3. The predicted octanol–water partition coefficient (Wildman–Crippen LogP) is 2.21. The van der Waals surface area contributed by atoms with Gasteiger partial charge in [0.25, 0.3) is 0 Å². The van der Waals surface area contributed by atoms with Crippen LogP contribution in [0.15, 0.2) is 24.4 Å². The largest absolute Gasteiger partial charge is 0.472 e. The highest BCUT2D eigenvalue weighted by Crippen LogP contribution is 2.24. The van der Waals surface area contributed by atoms with Crippen molar-refractivity contribution in [2.45, 2.75) is 38.2 Å². The number of allylic oxidation sites excluding steroid dienone is 2. The lowest BCUT2D eigenvalue weighted by molar-refractivity contribution is -0.138. The lowest BCUT2D eigenvalue weighted by Crippen LogP contribution is -2.46. The Morgan fingerprint density at radius 3 is 3.04 bits per heavy atom. The number of methoxy groups -OCH3 is 1. The van der Waals surface area contributed by atoms with Crippen LogP contribution in [-0.2, 0) is 4.79 Å². The Hall–Kier alpha value is -2.11. The molecule has 0 radical (unpaired) electrons. The van der Waals surface area contributed by atoms with E-state index in [1.807, 2.05) is 4.90 Å². The molecule has 23 heavy (non-hydrogen) atoms. The topological polar surface area (TPSA) is 64.6 Å². The zero-order valence-electron chi connectivity index (χ0n) is 13.5. The lowest BCUT2D eigenvalue weighted by atomic mass is 9.92. The monoisotopic (exact) mass is 317 g/mol. The van der Waals surface area contributed by atoms with E-state index in [9.17, 15) is 4.79 Å². The molecule has 1 aromatic rings. The van der Waals surface area contributed by atoms with Gasteiger partial charge in [-0.05, 0) is 32.1 Å². The summed E-state index contributed by atoms with van der Waals surface area (Å²) in [6, 6.07) is 2.01. The van der Waals surface area contributed by atoms with Gasteiger partial charge < -0.3 is 14.4 Å². The number of carbonyl (C=O) groups is 1. The fourth-order valence-electron chi connectivity index (χ4n) is 3.17. The first-order chi connectivity index (χ1) is 11.3. The summed E-state index contributed by atoms with van der Waals surface area (Å²) < 4.78 is 10.9. The second kappa shape index (κ2) is 7.44. The summed E-state index contributed by atoms with van der Waals surface area (Å²) in [6.07, 6.45) is 10.6. The van der Waals surface area contributed by atoms with Crippen LogP contribution in [-0.4, -0.2) is 47.1 Å². The summed E-state index contributed by atoms with van der Waals surface area (Å²) >= 11 is 0. The third kappa shape index (κ3) is 4.00. The molecule has 0 bridgehead atoms. The van der Waals surface area contributed by atoms with Crippen LogP contribution in [0.3, 0.4) is 0 Å². The van der Waals surface area contributed by atoms with Gasteiger partial charge in [0.2, 0.25) is 11.8 Å². The minimum atomic E-state index is -0.0218. The average Bonchev–Trinajstić information content (AvgIpc) is 2.62. The number of amides is 1. The second-order valence-corrected chi connectivity index (χ2v) is 6.03. The first-order valence-electron chi connectivity index (χ1n) is 8.23. The van der Waals surface area contributed by atoms with Crippen molar-refractivity contribution in [3.8, 4) is 11.9 Å². The number of rotatable bonds is 4. The third-order valence-corrected chi connectivity index (χ3v) is 4.39. The third-order valence-electron chi connectivity index (χ3n) is 4.39. The van der Waals surface area contributed by atoms with Gasteiger partial charge in [-0.15, -0.1) is 0 Å². The molecule has 0 N–H and O–H groups in total. The van der Waals surface area contributed by atoms with Crippen molar-refractivity contribution in [2.75, 3.05) is 20.2 Å². The number of aromatic nitrogens is 2. The Morgan fingerprint density at radius 1 is 1.35 bits per heavy atom. The number of nitrogens with zero attached hydrogens (tertiary/aromatic N) is 3. The molecule has 2 atom stereocenters. The van der Waals surface area contributed by atoms with E-state index in [1.54, 1.807) is 12.3 Å². The first kappa shape index (κ1) is 15.8. The number of piperidine rings is 1. The number of hydrogen-bond donors (Lipinski definition) is 0. The maximum Gasteiger partial charge on any atom is 0.319 e. The molecule has 124 valence electrons. The number of ether oxygens (including phenoxy) is 2. The summed E-state index contributed by atoms with van der Waals surface area (Å²) in [5.41, 5.74) is 0. The SMILES string of the molecule is COc1nccc(OC2CCCN(C(=O)C3CC=CCC3)C2)n1. The maximum absolute atomic E-state index is 12.6. The predicted molar refractivity (Wildman–Crippen MR) is 85.3 cm³/mol. The van der Waals surface area contributed by atoms with Crippen LogP contribution in [0.5, 0.6) is 11.9 Å². The second-order valence-electron chi connectivity index (χ2n) is 6.03. The average molecular weight is 317 g/mol. The number of hydrogen-bond acceptors (Lipinski definition) is 5. The Kier molecular flexibility index (Phi) is 5.10. The van der Waals surface area contributed by atoms with Crippen LogP contribution in [0, 0.1) is 5.92 Å². The van der Waals surface area contributed by atoms with Gasteiger partial charge in [0.15, 0.2) is 0 Å². The Morgan fingerprint density at radius 2 is 2.26 bits per heavy atom. The van der Waals surface area contributed by atoms with Crippen molar-refractivity contribution in [1.29, 1.82) is 0 Å². The molecule has 1 amide bonds. The normalized spacial score (nSPS) is 24.3. The highest BCUT2D eigenvalue weighted by atomic mass is 16.5.